The van der Waals surface area contributed by atoms with Crippen molar-refractivity contribution in [3.8, 4) is 11.8 Å². The summed E-state index contributed by atoms with van der Waals surface area (Å²) in [5.41, 5.74) is 0.181. The van der Waals surface area contributed by atoms with E-state index in [-0.39, 0.29) is 5.44 Å². The van der Waals surface area contributed by atoms with Crippen LogP contribution < -0.4 is 10.6 Å². The predicted molar refractivity (Wildman–Crippen MR) is 112 cm³/mol. The normalized spacial score (nSPS) is 11.0. The van der Waals surface area contributed by atoms with Gasteiger partial charge in [-0.1, -0.05) is 61.1 Å². The smallest absolute Gasteiger partial charge is 0.407 e. The van der Waals surface area contributed by atoms with Gasteiger partial charge in [0.1, 0.15) is 5.44 Å². The summed E-state index contributed by atoms with van der Waals surface area (Å²) in [5.74, 6) is 7.23. The first kappa shape index (κ1) is 26.7. The maximum absolute atomic E-state index is 11.4. The van der Waals surface area contributed by atoms with Crippen LogP contribution in [0.4, 0.5) is 4.79 Å². The zero-order chi connectivity index (χ0) is 19.3. The summed E-state index contributed by atoms with van der Waals surface area (Å²) in [6, 6.07) is 0. The number of carbonyl (C=O) groups is 1. The lowest BCUT2D eigenvalue weighted by atomic mass is 10.2. The van der Waals surface area contributed by atoms with Crippen LogP contribution in [-0.2, 0) is 9.47 Å². The average molecular weight is 393 g/mol. The molecule has 0 saturated heterocycles. The van der Waals surface area contributed by atoms with E-state index in [1.165, 1.54) is 0 Å². The van der Waals surface area contributed by atoms with E-state index in [9.17, 15) is 4.79 Å². The Morgan fingerprint density at radius 2 is 1.84 bits per heavy atom. The highest BCUT2D eigenvalue weighted by Crippen LogP contribution is 2.26. The Bertz CT molecular complexity index is 358. The van der Waals surface area contributed by atoms with Crippen molar-refractivity contribution in [2.24, 2.45) is 5.92 Å². The summed E-state index contributed by atoms with van der Waals surface area (Å²) in [7, 11) is 5.51. The van der Waals surface area contributed by atoms with Crippen molar-refractivity contribution in [1.82, 2.24) is 10.6 Å². The number of hydrogen-bond donors (Lipinski definition) is 2. The van der Waals surface area contributed by atoms with E-state index in [0.717, 1.165) is 25.1 Å². The Balaban J connectivity index is 0. The number of unbranched alkanes of at least 4 members (excludes halogenated alkanes) is 1. The minimum atomic E-state index is -0.408. The molecule has 1 amide bonds. The molecular weight excluding hydrogens is 356 g/mol. The van der Waals surface area contributed by atoms with Crippen molar-refractivity contribution >= 4 is 27.7 Å². The highest BCUT2D eigenvalue weighted by atomic mass is 33.1. The minimum absolute atomic E-state index is 0.181. The zero-order valence-electron chi connectivity index (χ0n) is 16.6. The van der Waals surface area contributed by atoms with E-state index in [1.54, 1.807) is 10.8 Å². The first-order chi connectivity index (χ1) is 12.1. The first-order valence-corrected chi connectivity index (χ1v) is 11.4. The summed E-state index contributed by atoms with van der Waals surface area (Å²) in [6.07, 6.45) is 1.27. The van der Waals surface area contributed by atoms with Gasteiger partial charge in [-0.3, -0.25) is 0 Å². The van der Waals surface area contributed by atoms with Crippen molar-refractivity contribution in [2.75, 3.05) is 39.1 Å². The van der Waals surface area contributed by atoms with E-state index in [1.807, 2.05) is 45.5 Å². The fraction of sp³-hybridized carbons (Fsp3) is 0.833. The number of hydrogen-bond acceptors (Lipinski definition) is 6. The second kappa shape index (κ2) is 21.5. The Labute approximate surface area is 162 Å². The van der Waals surface area contributed by atoms with Gasteiger partial charge in [0.15, 0.2) is 0 Å². The topological polar surface area (TPSA) is 59.6 Å². The summed E-state index contributed by atoms with van der Waals surface area (Å²) in [6.45, 7) is 12.5. The van der Waals surface area contributed by atoms with Crippen molar-refractivity contribution in [3.05, 3.63) is 0 Å². The van der Waals surface area contributed by atoms with Gasteiger partial charge in [0, 0.05) is 24.8 Å². The third kappa shape index (κ3) is 23.4. The Kier molecular flexibility index (Phi) is 22.9. The SMILES string of the molecule is CC.CNCCSSC(C)OCCCCOC(=O)NCC#CC(C)C. The number of nitrogens with one attached hydrogen (secondary N) is 2. The van der Waals surface area contributed by atoms with Crippen LogP contribution in [0.5, 0.6) is 0 Å². The van der Waals surface area contributed by atoms with E-state index in [2.05, 4.69) is 29.4 Å². The lowest BCUT2D eigenvalue weighted by Crippen LogP contribution is -2.25. The van der Waals surface area contributed by atoms with Crippen LogP contribution in [0.1, 0.15) is 47.5 Å². The molecule has 0 aliphatic carbocycles. The van der Waals surface area contributed by atoms with E-state index >= 15 is 0 Å². The summed E-state index contributed by atoms with van der Waals surface area (Å²) in [5, 5.41) is 5.71. The standard InChI is InChI=1S/C16H30N2O3S2.C2H6/c1-14(2)8-7-9-18-16(19)21-12-6-5-11-20-15(3)23-22-13-10-17-4;1-2/h14-15,17H,5-6,9-13H2,1-4H3,(H,18,19);1-2H3. The molecule has 0 aliphatic rings. The fourth-order valence-corrected chi connectivity index (χ4v) is 3.36. The van der Waals surface area contributed by atoms with Crippen LogP contribution in [0.25, 0.3) is 0 Å². The van der Waals surface area contributed by atoms with Gasteiger partial charge < -0.3 is 20.1 Å². The molecule has 0 bridgehead atoms. The van der Waals surface area contributed by atoms with Gasteiger partial charge >= 0.3 is 6.09 Å². The first-order valence-electron chi connectivity index (χ1n) is 8.99. The van der Waals surface area contributed by atoms with Crippen molar-refractivity contribution in [3.63, 3.8) is 0 Å². The lowest BCUT2D eigenvalue weighted by Gasteiger charge is -2.12. The van der Waals surface area contributed by atoms with Crippen LogP contribution in [0.2, 0.25) is 0 Å². The third-order valence-corrected chi connectivity index (χ3v) is 5.11. The van der Waals surface area contributed by atoms with Crippen LogP contribution in [0.15, 0.2) is 0 Å². The average Bonchev–Trinajstić information content (AvgIpc) is 2.60. The van der Waals surface area contributed by atoms with Gasteiger partial charge in [-0.2, -0.15) is 0 Å². The second-order valence-corrected chi connectivity index (χ2v) is 7.92. The van der Waals surface area contributed by atoms with Gasteiger partial charge in [-0.25, -0.2) is 4.79 Å². The minimum Gasteiger partial charge on any atom is -0.450 e. The molecule has 1 atom stereocenters. The number of carbonyl (C=O) groups excluding carboxylic acids is 1. The maximum atomic E-state index is 11.4. The monoisotopic (exact) mass is 392 g/mol. The zero-order valence-corrected chi connectivity index (χ0v) is 18.3. The number of alkyl carbamates (subject to hydrolysis) is 1. The molecule has 0 fully saturated rings. The highest BCUT2D eigenvalue weighted by molar-refractivity contribution is 8.76. The molecule has 0 heterocycles. The molecule has 0 rings (SSSR count). The van der Waals surface area contributed by atoms with Crippen LogP contribution in [0.3, 0.4) is 0 Å². The molecule has 7 heteroatoms. The van der Waals surface area contributed by atoms with Gasteiger partial charge in [-0.15, -0.1) is 0 Å². The van der Waals surface area contributed by atoms with Crippen molar-refractivity contribution < 1.29 is 14.3 Å². The molecule has 148 valence electrons. The Morgan fingerprint density at radius 3 is 2.48 bits per heavy atom. The molecule has 0 saturated carbocycles. The summed E-state index contributed by atoms with van der Waals surface area (Å²) in [4.78, 5) is 11.4. The fourth-order valence-electron chi connectivity index (χ4n) is 1.36. The summed E-state index contributed by atoms with van der Waals surface area (Å²) >= 11 is 0. The molecule has 2 N–H and O–H groups in total. The number of ether oxygens (including phenoxy) is 2. The highest BCUT2D eigenvalue weighted by Gasteiger charge is 2.03. The lowest BCUT2D eigenvalue weighted by molar-refractivity contribution is 0.109. The molecule has 0 aliphatic heterocycles. The third-order valence-electron chi connectivity index (χ3n) is 2.48. The molecule has 0 spiro atoms. The molecule has 0 aromatic carbocycles. The molecular formula is C18H36N2O3S2. The number of rotatable bonds is 12. The van der Waals surface area contributed by atoms with Crippen molar-refractivity contribution in [1.29, 1.82) is 0 Å². The van der Waals surface area contributed by atoms with Gasteiger partial charge in [0.2, 0.25) is 0 Å². The van der Waals surface area contributed by atoms with E-state index in [0.29, 0.717) is 25.7 Å². The van der Waals surface area contributed by atoms with Gasteiger partial charge in [0.25, 0.3) is 0 Å². The molecule has 25 heavy (non-hydrogen) atoms. The molecule has 1 unspecified atom stereocenters. The maximum Gasteiger partial charge on any atom is 0.407 e. The second-order valence-electron chi connectivity index (χ2n) is 5.13. The quantitative estimate of drug-likeness (QED) is 0.225. The van der Waals surface area contributed by atoms with Crippen LogP contribution >= 0.6 is 21.6 Å². The van der Waals surface area contributed by atoms with E-state index < -0.39 is 6.09 Å². The molecule has 0 aromatic rings. The largest absolute Gasteiger partial charge is 0.450 e. The van der Waals surface area contributed by atoms with Crippen molar-refractivity contribution in [2.45, 2.75) is 52.9 Å². The van der Waals surface area contributed by atoms with Crippen LogP contribution in [-0.4, -0.2) is 50.6 Å². The molecule has 5 nitrogen and oxygen atoms in total. The summed E-state index contributed by atoms with van der Waals surface area (Å²) < 4.78 is 10.7. The predicted octanol–water partition coefficient (Wildman–Crippen LogP) is 4.14. The molecule has 0 aromatic heterocycles. The molecule has 0 radical (unpaired) electrons. The van der Waals surface area contributed by atoms with Crippen LogP contribution in [0, 0.1) is 17.8 Å². The number of amides is 1. The van der Waals surface area contributed by atoms with E-state index in [4.69, 9.17) is 9.47 Å². The van der Waals surface area contributed by atoms with Gasteiger partial charge in [-0.05, 0) is 26.8 Å². The van der Waals surface area contributed by atoms with Gasteiger partial charge in [0.05, 0.1) is 13.2 Å². The Morgan fingerprint density at radius 1 is 1.16 bits per heavy atom. The Hall–Kier alpha value is -0.550.